The van der Waals surface area contributed by atoms with Gasteiger partial charge in [-0.3, -0.25) is 24.0 Å². The minimum Gasteiger partial charge on any atom is -0.449 e. The number of nitrogens with zero attached hydrogens (tertiary/aromatic N) is 2. The molecule has 0 radical (unpaired) electrons. The van der Waals surface area contributed by atoms with Crippen LogP contribution in [0.4, 0.5) is 9.59 Å². The summed E-state index contributed by atoms with van der Waals surface area (Å²) in [6.45, 7) is 8.21. The fraction of sp³-hybridized carbons (Fsp3) is 0.684. The summed E-state index contributed by atoms with van der Waals surface area (Å²) < 4.78 is 40.2. The van der Waals surface area contributed by atoms with Gasteiger partial charge in [0.25, 0.3) is 5.91 Å². The van der Waals surface area contributed by atoms with Crippen molar-refractivity contribution in [1.29, 1.82) is 0 Å². The molecule has 5 atom stereocenters. The number of cyclic esters (lactones) is 1. The number of carbonyl (C=O) groups excluding carboxylic acids is 5. The largest absolute Gasteiger partial charge is 0.449 e. The molecule has 14 nitrogen and oxygen atoms in total. The van der Waals surface area contributed by atoms with E-state index in [0.29, 0.717) is 32.4 Å². The molecule has 4 aliphatic heterocycles. The average molecular weight is 882 g/mol. The zero-order chi connectivity index (χ0) is 38.6. The van der Waals surface area contributed by atoms with E-state index in [0.717, 1.165) is 49.7 Å². The van der Waals surface area contributed by atoms with Crippen LogP contribution in [-0.4, -0.2) is 92.3 Å². The molecule has 3 fully saturated rings. The highest BCUT2D eigenvalue weighted by atomic mass is 127. The fourth-order valence-electron chi connectivity index (χ4n) is 8.07. The molecule has 6 aliphatic rings. The van der Waals surface area contributed by atoms with Gasteiger partial charge in [-0.05, 0) is 77.5 Å². The lowest BCUT2D eigenvalue weighted by atomic mass is 9.85. The maximum atomic E-state index is 14.6. The lowest BCUT2D eigenvalue weighted by Crippen LogP contribution is -2.66. The molecule has 5 amide bonds. The molecule has 1 saturated heterocycles. The van der Waals surface area contributed by atoms with Crippen molar-refractivity contribution in [3.63, 3.8) is 0 Å². The Labute approximate surface area is 327 Å². The van der Waals surface area contributed by atoms with Gasteiger partial charge in [0.1, 0.15) is 18.2 Å². The zero-order valence-electron chi connectivity index (χ0n) is 31.5. The Hall–Kier alpha value is -3.28. The highest BCUT2D eigenvalue weighted by Crippen LogP contribution is 2.50. The maximum Gasteiger partial charge on any atom is 0.410 e. The molecule has 0 aromatic heterocycles. The van der Waals surface area contributed by atoms with Crippen LogP contribution in [0.25, 0.3) is 0 Å². The number of alkyl carbamates (subject to hydrolysis) is 1. The normalized spacial score (nSPS) is 30.0. The first-order valence-electron chi connectivity index (χ1n) is 19.2. The number of amides is 5. The van der Waals surface area contributed by atoms with E-state index < -0.39 is 99.0 Å². The van der Waals surface area contributed by atoms with Crippen LogP contribution >= 0.6 is 20.7 Å². The zero-order valence-corrected chi connectivity index (χ0v) is 34.4. The number of ether oxygens (including phenoxy) is 2. The molecule has 0 unspecified atom stereocenters. The predicted molar refractivity (Wildman–Crippen MR) is 208 cm³/mol. The van der Waals surface area contributed by atoms with Crippen molar-refractivity contribution in [2.75, 3.05) is 13.2 Å². The molecule has 54 heavy (non-hydrogen) atoms. The highest BCUT2D eigenvalue weighted by molar-refractivity contribution is 14.2. The third-order valence-corrected chi connectivity index (χ3v) is 17.5. The molecule has 16 heteroatoms. The number of hydrogen-bond acceptors (Lipinski definition) is 9. The van der Waals surface area contributed by atoms with E-state index in [4.69, 9.17) is 9.47 Å². The number of alkyl halides is 1. The van der Waals surface area contributed by atoms with Gasteiger partial charge < -0.3 is 25.0 Å². The fourth-order valence-corrected chi connectivity index (χ4v) is 13.0. The lowest BCUT2D eigenvalue weighted by Gasteiger charge is -2.42. The van der Waals surface area contributed by atoms with Gasteiger partial charge in [-0.15, -0.1) is 0 Å². The van der Waals surface area contributed by atoms with Gasteiger partial charge in [-0.1, -0.05) is 73.0 Å². The second kappa shape index (κ2) is 14.7. The maximum absolute atomic E-state index is 14.6. The molecule has 2 saturated carbocycles. The topological polar surface area (TPSA) is 181 Å². The van der Waals surface area contributed by atoms with Crippen molar-refractivity contribution in [3.8, 4) is 0 Å². The summed E-state index contributed by atoms with van der Waals surface area (Å²) in [5, 5.41) is 5.08. The number of aryl methyl sites for hydroxylation is 1. The number of hydrogen-bond donors (Lipinski definition) is 3. The van der Waals surface area contributed by atoms with Crippen molar-refractivity contribution in [2.45, 2.75) is 132 Å². The number of carbonyl (C=O) groups is 5. The van der Waals surface area contributed by atoms with E-state index in [1.165, 1.54) is 10.5 Å². The summed E-state index contributed by atoms with van der Waals surface area (Å²) in [4.78, 5) is 72.7. The monoisotopic (exact) mass is 881 g/mol. The summed E-state index contributed by atoms with van der Waals surface area (Å²) in [5.41, 5.74) is 2.52. The molecular weight excluding hydrogens is 829 g/mol. The van der Waals surface area contributed by atoms with Gasteiger partial charge in [0.15, 0.2) is 3.55 Å². The number of sulfonamides is 1. The van der Waals surface area contributed by atoms with Crippen LogP contribution < -0.4 is 15.4 Å². The third kappa shape index (κ3) is 7.87. The quantitative estimate of drug-likeness (QED) is 0.217. The van der Waals surface area contributed by atoms with Crippen molar-refractivity contribution < 1.29 is 41.9 Å². The van der Waals surface area contributed by atoms with E-state index in [9.17, 15) is 32.4 Å². The Balaban J connectivity index is 1.17. The summed E-state index contributed by atoms with van der Waals surface area (Å²) >= 11 is -1.09. The van der Waals surface area contributed by atoms with E-state index in [1.54, 1.807) is 25.7 Å². The standard InChI is InChI=1S/C38H52IN5O9S/c1-5-25-18-39-38(25,33(47)42-54(50,51)27-12-13-27)41-31(45)29-17-26-20-44(29)32(46)30(36(2,3)4)40-34(48)52-22-37(15-16-37)14-7-6-9-23-10-8-11-24-19-43(21-28(23)24)35(49)53-26/h8,10-11,18,25-27,29-30H,5-7,9,12-17,19-22H2,1-4H3,(H,40,48)(H,41,45)(H,42,47)/t25-,26-,29+,30-,38-/m1/s1. The third-order valence-electron chi connectivity index (χ3n) is 11.9. The molecule has 7 rings (SSSR count). The SMILES string of the molecule is CC[C@@H]1C=I[C@]1(NC(=O)[C@@H]1C[C@@H]2CN1C(=O)[C@H](C(C)(C)C)NC(=O)OCC1(CCCCc3cccc4c3CN(C4)C(=O)O2)CC1)C(=O)NS(=O)(=O)C1CC1. The summed E-state index contributed by atoms with van der Waals surface area (Å²) in [7, 11) is -3.88. The second-order valence-electron chi connectivity index (χ2n) is 17.0. The lowest BCUT2D eigenvalue weighted by molar-refractivity contribution is -0.143. The van der Waals surface area contributed by atoms with Crippen LogP contribution in [0.2, 0.25) is 0 Å². The van der Waals surface area contributed by atoms with Crippen molar-refractivity contribution in [2.24, 2.45) is 16.7 Å². The second-order valence-corrected chi connectivity index (χ2v) is 22.0. The van der Waals surface area contributed by atoms with Crippen molar-refractivity contribution in [3.05, 3.63) is 34.9 Å². The summed E-state index contributed by atoms with van der Waals surface area (Å²) in [5.74, 6) is -2.35. The molecular formula is C38H52IN5O9S. The number of fused-ring (bicyclic) bond motifs is 3. The Morgan fingerprint density at radius 3 is 2.44 bits per heavy atom. The minimum atomic E-state index is -3.88. The van der Waals surface area contributed by atoms with E-state index in [1.807, 2.05) is 23.1 Å². The predicted octanol–water partition coefficient (Wildman–Crippen LogP) is 3.99. The van der Waals surface area contributed by atoms with E-state index >= 15 is 0 Å². The Bertz CT molecular complexity index is 1860. The molecule has 1 spiro atoms. The van der Waals surface area contributed by atoms with Gasteiger partial charge in [-0.2, -0.15) is 0 Å². The minimum absolute atomic E-state index is 0.0456. The van der Waals surface area contributed by atoms with Gasteiger partial charge in [0.05, 0.1) is 18.4 Å². The molecule has 2 aliphatic carbocycles. The molecule has 3 N–H and O–H groups in total. The van der Waals surface area contributed by atoms with Gasteiger partial charge >= 0.3 is 12.2 Å². The number of benzene rings is 1. The van der Waals surface area contributed by atoms with Crippen LogP contribution in [0.5, 0.6) is 0 Å². The van der Waals surface area contributed by atoms with Crippen LogP contribution in [0, 0.1) is 16.7 Å². The number of rotatable bonds is 6. The van der Waals surface area contributed by atoms with Gasteiger partial charge in [-0.25, -0.2) is 18.0 Å². The summed E-state index contributed by atoms with van der Waals surface area (Å²) in [6, 6.07) is 3.88. The van der Waals surface area contributed by atoms with E-state index in [-0.39, 0.29) is 25.0 Å². The van der Waals surface area contributed by atoms with Gasteiger partial charge in [0, 0.05) is 30.8 Å². The van der Waals surface area contributed by atoms with Crippen LogP contribution in [0.3, 0.4) is 0 Å². The first-order valence-corrected chi connectivity index (χ1v) is 23.1. The van der Waals surface area contributed by atoms with Crippen LogP contribution in [-0.2, 0) is 53.4 Å². The van der Waals surface area contributed by atoms with Crippen molar-refractivity contribution in [1.82, 2.24) is 25.2 Å². The summed E-state index contributed by atoms with van der Waals surface area (Å²) in [6.07, 6.45) is 4.93. The number of nitrogens with one attached hydrogen (secondary N) is 3. The Morgan fingerprint density at radius 2 is 1.80 bits per heavy atom. The van der Waals surface area contributed by atoms with Crippen LogP contribution in [0.1, 0.15) is 102 Å². The van der Waals surface area contributed by atoms with Gasteiger partial charge in [0.2, 0.25) is 21.8 Å². The Kier molecular flexibility index (Phi) is 10.6. The number of halogens is 1. The highest BCUT2D eigenvalue weighted by Gasteiger charge is 2.55. The average Bonchev–Trinajstić information content (AvgIpc) is 4.02. The first kappa shape index (κ1) is 39.0. The molecule has 1 aromatic carbocycles. The smallest absolute Gasteiger partial charge is 0.410 e. The van der Waals surface area contributed by atoms with Crippen molar-refractivity contribution >= 4 is 64.7 Å². The molecule has 296 valence electrons. The molecule has 4 heterocycles. The molecule has 4 bridgehead atoms. The van der Waals surface area contributed by atoms with Crippen LogP contribution in [0.15, 0.2) is 18.2 Å². The van der Waals surface area contributed by atoms with E-state index in [2.05, 4.69) is 21.4 Å². The molecule has 1 aromatic rings. The Morgan fingerprint density at radius 1 is 1.06 bits per heavy atom. The first-order chi connectivity index (χ1) is 25.5.